The van der Waals surface area contributed by atoms with Crippen LogP contribution in [0.2, 0.25) is 0 Å². The minimum absolute atomic E-state index is 0.0317. The lowest BCUT2D eigenvalue weighted by atomic mass is 10.1. The first-order chi connectivity index (χ1) is 18.5. The van der Waals surface area contributed by atoms with Gasteiger partial charge in [0.2, 0.25) is 0 Å². The van der Waals surface area contributed by atoms with Crippen molar-refractivity contribution in [3.05, 3.63) is 12.7 Å². The Bertz CT molecular complexity index is 1360. The molecule has 2 aromatic heterocycles. The number of fused-ring (bicyclic) bond motifs is 1. The molecule has 0 radical (unpaired) electrons. The average molecular weight is 633 g/mol. The second-order valence-electron chi connectivity index (χ2n) is 8.77. The first-order valence-corrected chi connectivity index (χ1v) is 15.5. The summed E-state index contributed by atoms with van der Waals surface area (Å²) in [6.45, 7) is -2.01. The molecule has 0 aromatic carbocycles. The number of phosphoric ester groups is 3. The molecule has 0 spiro atoms. The van der Waals surface area contributed by atoms with E-state index in [-0.39, 0.29) is 23.4 Å². The van der Waals surface area contributed by atoms with Crippen LogP contribution in [0, 0.1) is 5.92 Å². The van der Waals surface area contributed by atoms with E-state index in [1.807, 2.05) is 0 Å². The lowest BCUT2D eigenvalue weighted by Gasteiger charge is -2.34. The summed E-state index contributed by atoms with van der Waals surface area (Å²) < 4.78 is 59.1. The van der Waals surface area contributed by atoms with Crippen LogP contribution in [-0.2, 0) is 36.3 Å². The van der Waals surface area contributed by atoms with Crippen LogP contribution in [0.3, 0.4) is 0 Å². The summed E-state index contributed by atoms with van der Waals surface area (Å²) in [7, 11) is -17.2. The zero-order valence-electron chi connectivity index (χ0n) is 19.8. The number of aromatic nitrogens is 4. The van der Waals surface area contributed by atoms with Gasteiger partial charge >= 0.3 is 0 Å². The number of aliphatic hydroxyl groups is 4. The van der Waals surface area contributed by atoms with E-state index >= 15 is 0 Å². The van der Waals surface area contributed by atoms with Gasteiger partial charge in [0.1, 0.15) is 36.3 Å². The van der Waals surface area contributed by atoms with Gasteiger partial charge in [-0.05, 0) is 6.42 Å². The summed E-state index contributed by atoms with van der Waals surface area (Å²) in [4.78, 5) is 58.3. The molecule has 1 aliphatic carbocycles. The summed E-state index contributed by atoms with van der Waals surface area (Å²) >= 11 is 0. The highest BCUT2D eigenvalue weighted by Gasteiger charge is 2.47. The third kappa shape index (κ3) is 7.11. The second-order valence-corrected chi connectivity index (χ2v) is 12.8. The molecule has 6 N–H and O–H groups in total. The fourth-order valence-corrected chi connectivity index (χ4v) is 6.77. The standard InChI is InChI=1S/C16H26N5O16P3/c17-14-9-15(19-4-18-14)21(5-20-9)16-13(36-38(26,27)28)12(25)8(35-16)3-34-40(31,32)37-39(29,30)33-2-6-1-7(22)11(24)10(6)23/h4-8,10-13,16,22-25H,1-3H2,(H,29,30)(H,31,32)(H2,17,18,19)(H2,26,27,28)/p-4/t6-,7?,8-,10-,11+,12-,13-,16-/m1/s1. The van der Waals surface area contributed by atoms with Crippen LogP contribution >= 0.6 is 23.5 Å². The van der Waals surface area contributed by atoms with Gasteiger partial charge < -0.3 is 68.6 Å². The largest absolute Gasteiger partial charge is 0.790 e. The highest BCUT2D eigenvalue weighted by molar-refractivity contribution is 7.59. The molecular weight excluding hydrogens is 611 g/mol. The van der Waals surface area contributed by atoms with Crippen LogP contribution in [0.5, 0.6) is 0 Å². The number of aliphatic hydroxyl groups excluding tert-OH is 4. The van der Waals surface area contributed by atoms with Gasteiger partial charge in [-0.2, -0.15) is 0 Å². The van der Waals surface area contributed by atoms with Gasteiger partial charge in [-0.25, -0.2) is 19.3 Å². The molecule has 10 atom stereocenters. The zero-order valence-corrected chi connectivity index (χ0v) is 22.5. The van der Waals surface area contributed by atoms with Gasteiger partial charge in [0, 0.05) is 5.92 Å². The van der Waals surface area contributed by atoms with Crippen LogP contribution in [-0.4, -0.2) is 89.8 Å². The molecule has 2 aliphatic rings. The summed E-state index contributed by atoms with van der Waals surface area (Å²) in [5.41, 5.74) is 5.69. The van der Waals surface area contributed by atoms with Crippen molar-refractivity contribution in [3.8, 4) is 0 Å². The number of imidazole rings is 1. The first-order valence-electron chi connectivity index (χ1n) is 11.1. The van der Waals surface area contributed by atoms with Crippen molar-refractivity contribution in [1.29, 1.82) is 0 Å². The molecule has 0 bridgehead atoms. The van der Waals surface area contributed by atoms with Crippen LogP contribution in [0.1, 0.15) is 12.6 Å². The molecule has 2 fully saturated rings. The Balaban J connectivity index is 1.42. The number of phosphoric acid groups is 3. The van der Waals surface area contributed by atoms with E-state index in [0.717, 1.165) is 17.2 Å². The molecule has 4 rings (SSSR count). The number of nitrogens with zero attached hydrogens (tertiary/aromatic N) is 4. The van der Waals surface area contributed by atoms with Crippen molar-refractivity contribution in [1.82, 2.24) is 19.5 Å². The van der Waals surface area contributed by atoms with Crippen molar-refractivity contribution in [2.45, 2.75) is 49.3 Å². The Morgan fingerprint density at radius 3 is 2.23 bits per heavy atom. The Morgan fingerprint density at radius 1 is 0.975 bits per heavy atom. The Labute approximate surface area is 223 Å². The third-order valence-corrected chi connectivity index (χ3v) is 9.07. The maximum Gasteiger partial charge on any atom is 0.274 e. The third-order valence-electron chi connectivity index (χ3n) is 6.04. The summed E-state index contributed by atoms with van der Waals surface area (Å²) in [6.07, 6.45) is -10.1. The number of anilines is 1. The van der Waals surface area contributed by atoms with Gasteiger partial charge in [-0.15, -0.1) is 0 Å². The van der Waals surface area contributed by atoms with Gasteiger partial charge in [0.25, 0.3) is 15.6 Å². The first kappa shape index (κ1) is 31.5. The van der Waals surface area contributed by atoms with E-state index < -0.39 is 85.5 Å². The predicted molar refractivity (Wildman–Crippen MR) is 116 cm³/mol. The molecule has 1 saturated carbocycles. The molecule has 0 amide bonds. The number of hydrogen-bond donors (Lipinski definition) is 5. The SMILES string of the molecule is Nc1ncnc2c1ncn2[C@@H]1O[C@H](COP(=O)([O-])OP(=O)([O-])OC[C@H]2CC(O)[C@H](O)[C@@H]2O)[C@@H](O)[C@H]1OP(=O)([O-])[O-]. The molecule has 2 aromatic rings. The van der Waals surface area contributed by atoms with Crippen LogP contribution < -0.4 is 25.3 Å². The lowest BCUT2D eigenvalue weighted by molar-refractivity contribution is -0.347. The van der Waals surface area contributed by atoms with E-state index in [1.165, 1.54) is 0 Å². The van der Waals surface area contributed by atoms with Crippen LogP contribution in [0.25, 0.3) is 11.2 Å². The van der Waals surface area contributed by atoms with Gasteiger partial charge in [-0.3, -0.25) is 13.7 Å². The zero-order chi connectivity index (χ0) is 29.6. The van der Waals surface area contributed by atoms with Crippen molar-refractivity contribution < 1.29 is 76.3 Å². The van der Waals surface area contributed by atoms with E-state index in [4.69, 9.17) is 10.5 Å². The van der Waals surface area contributed by atoms with Crippen molar-refractivity contribution in [2.24, 2.45) is 5.92 Å². The lowest BCUT2D eigenvalue weighted by Crippen LogP contribution is -2.37. The molecular formula is C16H22N5O16P3-4. The summed E-state index contributed by atoms with van der Waals surface area (Å²) in [5.74, 6) is -1.15. The normalized spacial score (nSPS) is 34.2. The number of nitrogen functional groups attached to an aromatic ring is 1. The fraction of sp³-hybridized carbons (Fsp3) is 0.688. The number of hydrogen-bond acceptors (Lipinski definition) is 20. The minimum Gasteiger partial charge on any atom is -0.790 e. The smallest absolute Gasteiger partial charge is 0.274 e. The van der Waals surface area contributed by atoms with E-state index in [0.29, 0.717) is 0 Å². The molecule has 21 nitrogen and oxygen atoms in total. The summed E-state index contributed by atoms with van der Waals surface area (Å²) in [5, 5.41) is 39.3. The number of nitrogens with two attached hydrogens (primary N) is 1. The Kier molecular flexibility index (Phi) is 9.17. The van der Waals surface area contributed by atoms with E-state index in [2.05, 4.69) is 32.8 Å². The fourth-order valence-electron chi connectivity index (χ4n) is 4.18. The molecule has 40 heavy (non-hydrogen) atoms. The van der Waals surface area contributed by atoms with Crippen molar-refractivity contribution in [3.63, 3.8) is 0 Å². The quantitative estimate of drug-likeness (QED) is 0.145. The van der Waals surface area contributed by atoms with Crippen LogP contribution in [0.4, 0.5) is 5.82 Å². The number of ether oxygens (including phenoxy) is 1. The Hall–Kier alpha value is -1.48. The maximum absolute atomic E-state index is 12.1. The van der Waals surface area contributed by atoms with Gasteiger partial charge in [-0.1, -0.05) is 0 Å². The van der Waals surface area contributed by atoms with E-state index in [9.17, 15) is 53.7 Å². The molecule has 1 aliphatic heterocycles. The monoisotopic (exact) mass is 633 g/mol. The molecule has 1 saturated heterocycles. The topological polar surface area (TPSA) is 340 Å². The highest BCUT2D eigenvalue weighted by atomic mass is 31.3. The molecule has 3 heterocycles. The number of rotatable bonds is 11. The minimum atomic E-state index is -5.76. The van der Waals surface area contributed by atoms with E-state index in [1.54, 1.807) is 0 Å². The molecule has 226 valence electrons. The van der Waals surface area contributed by atoms with Crippen molar-refractivity contribution in [2.75, 3.05) is 18.9 Å². The summed E-state index contributed by atoms with van der Waals surface area (Å²) in [6, 6.07) is 0. The second kappa shape index (κ2) is 11.7. The highest BCUT2D eigenvalue weighted by Crippen LogP contribution is 2.56. The maximum atomic E-state index is 12.1. The Morgan fingerprint density at radius 2 is 1.62 bits per heavy atom. The van der Waals surface area contributed by atoms with Gasteiger partial charge in [0.05, 0.1) is 39.6 Å². The average Bonchev–Trinajstić information content (AvgIpc) is 3.47. The predicted octanol–water partition coefficient (Wildman–Crippen LogP) is -5.03. The molecule has 24 heteroatoms. The van der Waals surface area contributed by atoms with Gasteiger partial charge in [0.15, 0.2) is 17.7 Å². The molecule has 3 unspecified atom stereocenters. The van der Waals surface area contributed by atoms with Crippen LogP contribution in [0.15, 0.2) is 12.7 Å². The van der Waals surface area contributed by atoms with Crippen molar-refractivity contribution >= 4 is 40.4 Å².